The molecule has 1 aliphatic carbocycles. The lowest BCUT2D eigenvalue weighted by Gasteiger charge is -2.34. The van der Waals surface area contributed by atoms with Crippen molar-refractivity contribution in [3.05, 3.63) is 101 Å². The number of benzene rings is 3. The van der Waals surface area contributed by atoms with E-state index in [2.05, 4.69) is 5.32 Å². The fourth-order valence-electron chi connectivity index (χ4n) is 4.96. The Labute approximate surface area is 244 Å². The van der Waals surface area contributed by atoms with Crippen LogP contribution in [0.15, 0.2) is 72.8 Å². The number of nitrogens with one attached hydrogen (secondary N) is 1. The number of carbonyl (C=O) groups excluding carboxylic acids is 2. The van der Waals surface area contributed by atoms with Crippen LogP contribution >= 0.6 is 11.6 Å². The molecule has 0 aromatic heterocycles. The van der Waals surface area contributed by atoms with Crippen molar-refractivity contribution in [2.45, 2.75) is 50.7 Å². The van der Waals surface area contributed by atoms with E-state index in [0.717, 1.165) is 55.7 Å². The van der Waals surface area contributed by atoms with Gasteiger partial charge >= 0.3 is 0 Å². The molecule has 1 fully saturated rings. The molecule has 1 atom stereocenters. The van der Waals surface area contributed by atoms with Gasteiger partial charge in [-0.15, -0.1) is 0 Å². The first-order valence-electron chi connectivity index (χ1n) is 13.3. The van der Waals surface area contributed by atoms with Gasteiger partial charge in [-0.2, -0.15) is 0 Å². The molecule has 1 N–H and O–H groups in total. The third-order valence-electron chi connectivity index (χ3n) is 7.11. The molecule has 3 aromatic carbocycles. The van der Waals surface area contributed by atoms with Gasteiger partial charge in [0.25, 0.3) is 0 Å². The molecule has 0 aliphatic heterocycles. The normalized spacial score (nSPS) is 14.4. The van der Waals surface area contributed by atoms with Crippen molar-refractivity contribution in [1.82, 2.24) is 10.2 Å². The van der Waals surface area contributed by atoms with Crippen molar-refractivity contribution in [2.75, 3.05) is 17.1 Å². The molecule has 7 nitrogen and oxygen atoms in total. The van der Waals surface area contributed by atoms with Crippen LogP contribution in [-0.4, -0.2) is 50.0 Å². The molecule has 1 saturated carbocycles. The zero-order valence-corrected chi connectivity index (χ0v) is 24.2. The Bertz CT molecular complexity index is 1470. The standard InChI is InChI=1S/C30H32ClF2N3O4S/c1-41(39,40)36(25-15-16-26(32)27(33)18-25)20-29(37)35(19-22-11-13-23(31)14-12-22)28(17-21-7-3-2-4-8-21)30(38)34-24-9-5-6-10-24/h2-4,7-8,11-16,18,24,28H,5-6,9-10,17,19-20H2,1H3,(H,34,38)/t28-/m0/s1. The number of halogens is 3. The highest BCUT2D eigenvalue weighted by atomic mass is 35.5. The maximum absolute atomic E-state index is 14.1. The Morgan fingerprint density at radius 2 is 1.61 bits per heavy atom. The lowest BCUT2D eigenvalue weighted by Crippen LogP contribution is -2.54. The summed E-state index contributed by atoms with van der Waals surface area (Å²) < 4.78 is 53.9. The highest BCUT2D eigenvalue weighted by Crippen LogP contribution is 2.24. The largest absolute Gasteiger partial charge is 0.352 e. The van der Waals surface area contributed by atoms with Crippen molar-refractivity contribution in [3.63, 3.8) is 0 Å². The van der Waals surface area contributed by atoms with Crippen LogP contribution in [0.5, 0.6) is 0 Å². The van der Waals surface area contributed by atoms with Gasteiger partial charge in [-0.1, -0.05) is 66.9 Å². The Morgan fingerprint density at radius 3 is 2.22 bits per heavy atom. The van der Waals surface area contributed by atoms with Gasteiger partial charge in [0, 0.05) is 30.1 Å². The number of rotatable bonds is 11. The predicted molar refractivity (Wildman–Crippen MR) is 155 cm³/mol. The van der Waals surface area contributed by atoms with Crippen LogP contribution in [0.3, 0.4) is 0 Å². The number of sulfonamides is 1. The molecule has 4 rings (SSSR count). The molecule has 0 spiro atoms. The van der Waals surface area contributed by atoms with Gasteiger partial charge in [0.1, 0.15) is 12.6 Å². The second kappa shape index (κ2) is 13.4. The predicted octanol–water partition coefficient (Wildman–Crippen LogP) is 5.08. The second-order valence-corrected chi connectivity index (χ2v) is 12.6. The summed E-state index contributed by atoms with van der Waals surface area (Å²) in [6, 6.07) is 17.6. The number of hydrogen-bond acceptors (Lipinski definition) is 4. The van der Waals surface area contributed by atoms with Crippen molar-refractivity contribution >= 4 is 39.1 Å². The van der Waals surface area contributed by atoms with Crippen molar-refractivity contribution in [1.29, 1.82) is 0 Å². The van der Waals surface area contributed by atoms with E-state index in [9.17, 15) is 26.8 Å². The number of carbonyl (C=O) groups is 2. The van der Waals surface area contributed by atoms with E-state index in [-0.39, 0.29) is 30.6 Å². The molecular formula is C30H32ClF2N3O4S. The fourth-order valence-corrected chi connectivity index (χ4v) is 5.93. The fraction of sp³-hybridized carbons (Fsp3) is 0.333. The first-order valence-corrected chi connectivity index (χ1v) is 15.5. The van der Waals surface area contributed by atoms with Crippen LogP contribution < -0.4 is 9.62 Å². The molecular weight excluding hydrogens is 572 g/mol. The Kier molecular flexibility index (Phi) is 9.99. The van der Waals surface area contributed by atoms with E-state index >= 15 is 0 Å². The Hall–Kier alpha value is -3.50. The summed E-state index contributed by atoms with van der Waals surface area (Å²) in [6.07, 6.45) is 4.74. The topological polar surface area (TPSA) is 86.8 Å². The monoisotopic (exact) mass is 603 g/mol. The average molecular weight is 604 g/mol. The quantitative estimate of drug-likeness (QED) is 0.331. The summed E-state index contributed by atoms with van der Waals surface area (Å²) in [7, 11) is -4.10. The molecule has 0 saturated heterocycles. The molecule has 3 aromatic rings. The summed E-state index contributed by atoms with van der Waals surface area (Å²) in [4.78, 5) is 29.1. The van der Waals surface area contributed by atoms with E-state index in [1.807, 2.05) is 30.3 Å². The third-order valence-corrected chi connectivity index (χ3v) is 8.50. The van der Waals surface area contributed by atoms with E-state index in [0.29, 0.717) is 14.9 Å². The lowest BCUT2D eigenvalue weighted by molar-refractivity contribution is -0.140. The Morgan fingerprint density at radius 1 is 0.951 bits per heavy atom. The van der Waals surface area contributed by atoms with E-state index in [4.69, 9.17) is 11.6 Å². The Balaban J connectivity index is 1.72. The second-order valence-electron chi connectivity index (χ2n) is 10.2. The van der Waals surface area contributed by atoms with Crippen LogP contribution in [0.25, 0.3) is 0 Å². The SMILES string of the molecule is CS(=O)(=O)N(CC(=O)N(Cc1ccc(Cl)cc1)[C@@H](Cc1ccccc1)C(=O)NC1CCCC1)c1ccc(F)c(F)c1. The summed E-state index contributed by atoms with van der Waals surface area (Å²) in [5.74, 6) is -3.43. The molecule has 0 unspecified atom stereocenters. The molecule has 41 heavy (non-hydrogen) atoms. The average Bonchev–Trinajstić information content (AvgIpc) is 3.45. The van der Waals surface area contributed by atoms with E-state index in [1.165, 1.54) is 4.90 Å². The van der Waals surface area contributed by atoms with Crippen LogP contribution in [0.2, 0.25) is 5.02 Å². The minimum Gasteiger partial charge on any atom is -0.352 e. The number of hydrogen-bond donors (Lipinski definition) is 1. The first kappa shape index (κ1) is 30.5. The minimum atomic E-state index is -4.10. The van der Waals surface area contributed by atoms with Gasteiger partial charge in [0.2, 0.25) is 21.8 Å². The van der Waals surface area contributed by atoms with E-state index in [1.54, 1.807) is 24.3 Å². The molecule has 0 radical (unpaired) electrons. The highest BCUT2D eigenvalue weighted by molar-refractivity contribution is 7.92. The zero-order chi connectivity index (χ0) is 29.6. The molecule has 218 valence electrons. The lowest BCUT2D eigenvalue weighted by atomic mass is 10.0. The molecule has 1 aliphatic rings. The van der Waals surface area contributed by atoms with Crippen molar-refractivity contribution in [2.24, 2.45) is 0 Å². The van der Waals surface area contributed by atoms with Crippen LogP contribution in [0.1, 0.15) is 36.8 Å². The van der Waals surface area contributed by atoms with Gasteiger partial charge in [-0.3, -0.25) is 13.9 Å². The van der Waals surface area contributed by atoms with E-state index < -0.39 is 40.2 Å². The highest BCUT2D eigenvalue weighted by Gasteiger charge is 2.34. The van der Waals surface area contributed by atoms with Crippen LogP contribution in [0.4, 0.5) is 14.5 Å². The smallest absolute Gasteiger partial charge is 0.244 e. The maximum atomic E-state index is 14.1. The van der Waals surface area contributed by atoms with Gasteiger partial charge < -0.3 is 10.2 Å². The van der Waals surface area contributed by atoms with Gasteiger partial charge in [-0.05, 0) is 48.2 Å². The molecule has 11 heteroatoms. The van der Waals surface area contributed by atoms with Crippen molar-refractivity contribution in [3.8, 4) is 0 Å². The number of nitrogens with zero attached hydrogens (tertiary/aromatic N) is 2. The summed E-state index contributed by atoms with van der Waals surface area (Å²) in [5.41, 5.74) is 1.28. The van der Waals surface area contributed by atoms with Crippen LogP contribution in [0, 0.1) is 11.6 Å². The molecule has 2 amide bonds. The van der Waals surface area contributed by atoms with Gasteiger partial charge in [-0.25, -0.2) is 17.2 Å². The van der Waals surface area contributed by atoms with Gasteiger partial charge in [0.15, 0.2) is 11.6 Å². The molecule has 0 heterocycles. The number of anilines is 1. The van der Waals surface area contributed by atoms with Crippen LogP contribution in [-0.2, 0) is 32.6 Å². The molecule has 0 bridgehead atoms. The first-order chi connectivity index (χ1) is 19.5. The third kappa shape index (κ3) is 8.27. The summed E-state index contributed by atoms with van der Waals surface area (Å²) >= 11 is 6.06. The van der Waals surface area contributed by atoms with Gasteiger partial charge in [0.05, 0.1) is 11.9 Å². The maximum Gasteiger partial charge on any atom is 0.244 e. The summed E-state index contributed by atoms with van der Waals surface area (Å²) in [5, 5.41) is 3.57. The summed E-state index contributed by atoms with van der Waals surface area (Å²) in [6.45, 7) is -0.736. The minimum absolute atomic E-state index is 0.0111. The number of amides is 2. The zero-order valence-electron chi connectivity index (χ0n) is 22.6. The van der Waals surface area contributed by atoms with Crippen molar-refractivity contribution < 1.29 is 26.8 Å².